The average molecular weight is 257 g/mol. The molecule has 0 fully saturated rings. The lowest BCUT2D eigenvalue weighted by atomic mass is 10.2. The van der Waals surface area contributed by atoms with Crippen LogP contribution in [-0.2, 0) is 6.18 Å². The Labute approximate surface area is 101 Å². The van der Waals surface area contributed by atoms with Crippen LogP contribution in [-0.4, -0.2) is 19.9 Å². The Morgan fingerprint density at radius 3 is 2.44 bits per heavy atom. The van der Waals surface area contributed by atoms with E-state index in [4.69, 9.17) is 0 Å². The summed E-state index contributed by atoms with van der Waals surface area (Å²) in [5, 5.41) is 12.9. The van der Waals surface area contributed by atoms with Crippen LogP contribution < -0.4 is 0 Å². The van der Waals surface area contributed by atoms with Crippen LogP contribution in [0.2, 0.25) is 0 Å². The van der Waals surface area contributed by atoms with Crippen molar-refractivity contribution in [2.75, 3.05) is 0 Å². The van der Waals surface area contributed by atoms with Gasteiger partial charge in [0.1, 0.15) is 0 Å². The second-order valence-corrected chi connectivity index (χ2v) is 3.79. The predicted octanol–water partition coefficient (Wildman–Crippen LogP) is 2.34. The van der Waals surface area contributed by atoms with E-state index in [2.05, 4.69) is 10.1 Å². The lowest BCUT2D eigenvalue weighted by Gasteiger charge is -2.05. The molecule has 2 aromatic rings. The first kappa shape index (κ1) is 12.6. The monoisotopic (exact) mass is 257 g/mol. The summed E-state index contributed by atoms with van der Waals surface area (Å²) in [6.07, 6.45) is -2.13. The standard InChI is InChI=1S/C11H10F3N3O/c1-7(18)10-3-2-9(5-15-10)17-6-8(4-16-17)11(12,13)14/h2-7,18H,1H3/t7-/m1/s1. The number of rotatable bonds is 2. The Morgan fingerprint density at radius 1 is 1.28 bits per heavy atom. The molecule has 0 spiro atoms. The van der Waals surface area contributed by atoms with Gasteiger partial charge in [-0.05, 0) is 19.1 Å². The number of halogens is 3. The largest absolute Gasteiger partial charge is 0.419 e. The number of alkyl halides is 3. The molecule has 2 aromatic heterocycles. The van der Waals surface area contributed by atoms with E-state index in [0.29, 0.717) is 11.4 Å². The van der Waals surface area contributed by atoms with Gasteiger partial charge in [0.2, 0.25) is 0 Å². The molecule has 0 aliphatic carbocycles. The first-order valence-electron chi connectivity index (χ1n) is 5.14. The first-order chi connectivity index (χ1) is 8.38. The molecule has 4 nitrogen and oxygen atoms in total. The SMILES string of the molecule is C[C@@H](O)c1ccc(-n2cc(C(F)(F)F)cn2)cn1. The van der Waals surface area contributed by atoms with Crippen LogP contribution >= 0.6 is 0 Å². The third-order valence-electron chi connectivity index (χ3n) is 2.37. The summed E-state index contributed by atoms with van der Waals surface area (Å²) in [5.41, 5.74) is 0.0268. The minimum absolute atomic E-state index is 0.398. The summed E-state index contributed by atoms with van der Waals surface area (Å²) in [4.78, 5) is 3.93. The molecule has 96 valence electrons. The van der Waals surface area contributed by atoms with E-state index in [0.717, 1.165) is 17.1 Å². The van der Waals surface area contributed by atoms with Crippen molar-refractivity contribution in [3.05, 3.63) is 42.0 Å². The molecule has 0 saturated heterocycles. The zero-order chi connectivity index (χ0) is 13.3. The summed E-state index contributed by atoms with van der Waals surface area (Å²) in [6, 6.07) is 3.08. The first-order valence-corrected chi connectivity index (χ1v) is 5.14. The number of aliphatic hydroxyl groups excluding tert-OH is 1. The molecule has 7 heteroatoms. The Bertz CT molecular complexity index is 531. The van der Waals surface area contributed by atoms with Crippen LogP contribution in [0.25, 0.3) is 5.69 Å². The summed E-state index contributed by atoms with van der Waals surface area (Å²) < 4.78 is 38.2. The number of hydrogen-bond donors (Lipinski definition) is 1. The van der Waals surface area contributed by atoms with E-state index in [1.807, 2.05) is 0 Å². The maximum atomic E-state index is 12.4. The van der Waals surface area contributed by atoms with Crippen LogP contribution in [0, 0.1) is 0 Å². The molecular weight excluding hydrogens is 247 g/mol. The molecule has 0 aliphatic rings. The van der Waals surface area contributed by atoms with Crippen LogP contribution in [0.4, 0.5) is 13.2 Å². The van der Waals surface area contributed by atoms with Gasteiger partial charge in [0.05, 0.1) is 35.4 Å². The van der Waals surface area contributed by atoms with Crippen molar-refractivity contribution in [2.24, 2.45) is 0 Å². The number of pyridine rings is 1. The molecule has 1 atom stereocenters. The number of aliphatic hydroxyl groups is 1. The van der Waals surface area contributed by atoms with Crippen molar-refractivity contribution >= 4 is 0 Å². The number of nitrogens with zero attached hydrogens (tertiary/aromatic N) is 3. The van der Waals surface area contributed by atoms with Crippen LogP contribution in [0.15, 0.2) is 30.7 Å². The normalized spacial score (nSPS) is 13.6. The van der Waals surface area contributed by atoms with Gasteiger partial charge in [-0.3, -0.25) is 4.98 Å². The third-order valence-corrected chi connectivity index (χ3v) is 2.37. The number of hydrogen-bond acceptors (Lipinski definition) is 3. The van der Waals surface area contributed by atoms with Gasteiger partial charge in [0.15, 0.2) is 0 Å². The zero-order valence-corrected chi connectivity index (χ0v) is 9.39. The van der Waals surface area contributed by atoms with Gasteiger partial charge in [-0.25, -0.2) is 4.68 Å². The van der Waals surface area contributed by atoms with Crippen molar-refractivity contribution in [2.45, 2.75) is 19.2 Å². The molecule has 0 bridgehead atoms. The highest BCUT2D eigenvalue weighted by Gasteiger charge is 2.32. The van der Waals surface area contributed by atoms with E-state index in [1.54, 1.807) is 13.0 Å². The maximum Gasteiger partial charge on any atom is 0.419 e. The average Bonchev–Trinajstić information content (AvgIpc) is 2.78. The van der Waals surface area contributed by atoms with E-state index in [9.17, 15) is 18.3 Å². The molecular formula is C11H10F3N3O. The molecule has 0 radical (unpaired) electrons. The predicted molar refractivity (Wildman–Crippen MR) is 57.0 cm³/mol. The van der Waals surface area contributed by atoms with E-state index in [-0.39, 0.29) is 0 Å². The molecule has 18 heavy (non-hydrogen) atoms. The molecule has 0 unspecified atom stereocenters. The zero-order valence-electron chi connectivity index (χ0n) is 9.39. The van der Waals surface area contributed by atoms with Gasteiger partial charge in [-0.2, -0.15) is 18.3 Å². The van der Waals surface area contributed by atoms with Crippen molar-refractivity contribution in [1.82, 2.24) is 14.8 Å². The lowest BCUT2D eigenvalue weighted by molar-refractivity contribution is -0.137. The highest BCUT2D eigenvalue weighted by molar-refractivity contribution is 5.30. The molecule has 2 rings (SSSR count). The molecule has 2 heterocycles. The summed E-state index contributed by atoms with van der Waals surface area (Å²) in [7, 11) is 0. The van der Waals surface area contributed by atoms with Gasteiger partial charge >= 0.3 is 6.18 Å². The Morgan fingerprint density at radius 2 is 2.00 bits per heavy atom. The highest BCUT2D eigenvalue weighted by atomic mass is 19.4. The van der Waals surface area contributed by atoms with Crippen molar-refractivity contribution in [1.29, 1.82) is 0 Å². The minimum Gasteiger partial charge on any atom is -0.387 e. The lowest BCUT2D eigenvalue weighted by Crippen LogP contribution is -2.03. The fraction of sp³-hybridized carbons (Fsp3) is 0.273. The van der Waals surface area contributed by atoms with Gasteiger partial charge in [0, 0.05) is 6.20 Å². The Balaban J connectivity index is 2.29. The highest BCUT2D eigenvalue weighted by Crippen LogP contribution is 2.29. The molecule has 0 aromatic carbocycles. The molecule has 1 N–H and O–H groups in total. The maximum absolute atomic E-state index is 12.4. The third kappa shape index (κ3) is 2.51. The Hall–Kier alpha value is -1.89. The second-order valence-electron chi connectivity index (χ2n) is 3.79. The smallest absolute Gasteiger partial charge is 0.387 e. The van der Waals surface area contributed by atoms with Crippen LogP contribution in [0.5, 0.6) is 0 Å². The van der Waals surface area contributed by atoms with E-state index >= 15 is 0 Å². The van der Waals surface area contributed by atoms with Gasteiger partial charge in [-0.15, -0.1) is 0 Å². The van der Waals surface area contributed by atoms with Crippen molar-refractivity contribution < 1.29 is 18.3 Å². The van der Waals surface area contributed by atoms with Crippen molar-refractivity contribution in [3.8, 4) is 5.69 Å². The molecule has 0 saturated carbocycles. The quantitative estimate of drug-likeness (QED) is 0.898. The van der Waals surface area contributed by atoms with Crippen molar-refractivity contribution in [3.63, 3.8) is 0 Å². The van der Waals surface area contributed by atoms with Gasteiger partial charge in [-0.1, -0.05) is 0 Å². The Kier molecular flexibility index (Phi) is 3.08. The fourth-order valence-corrected chi connectivity index (χ4v) is 1.39. The van der Waals surface area contributed by atoms with Crippen LogP contribution in [0.1, 0.15) is 24.3 Å². The van der Waals surface area contributed by atoms with E-state index in [1.165, 1.54) is 12.3 Å². The topological polar surface area (TPSA) is 50.9 Å². The van der Waals surface area contributed by atoms with Gasteiger partial charge in [0.25, 0.3) is 0 Å². The second kappa shape index (κ2) is 4.41. The minimum atomic E-state index is -4.41. The van der Waals surface area contributed by atoms with Gasteiger partial charge < -0.3 is 5.11 Å². The molecule has 0 amide bonds. The fourth-order valence-electron chi connectivity index (χ4n) is 1.39. The summed E-state index contributed by atoms with van der Waals surface area (Å²) in [5.74, 6) is 0. The summed E-state index contributed by atoms with van der Waals surface area (Å²) >= 11 is 0. The molecule has 0 aliphatic heterocycles. The van der Waals surface area contributed by atoms with E-state index < -0.39 is 17.8 Å². The van der Waals surface area contributed by atoms with Crippen LogP contribution in [0.3, 0.4) is 0 Å². The number of aromatic nitrogens is 3. The summed E-state index contributed by atoms with van der Waals surface area (Å²) in [6.45, 7) is 1.55.